The first-order valence-corrected chi connectivity index (χ1v) is 9.07. The maximum absolute atomic E-state index is 11.9. The Morgan fingerprint density at radius 3 is 2.53 bits per heavy atom. The predicted octanol–water partition coefficient (Wildman–Crippen LogP) is 1.68. The standard InChI is InChI=1S/C20H16N6O4/c1-25-3-2-11-13(6-21)19(24)20(8-22,9-23)18(14(11)7-25)12-4-16-17(30-10-29-16)5-15(12)26(27)28/h2,4-5,14,18H,3,7,10,24H2,1H3/t14-,18+/m0/s1. The number of hydrogen-bond donors (Lipinski definition) is 1. The van der Waals surface area contributed by atoms with E-state index in [-0.39, 0.29) is 35.1 Å². The van der Waals surface area contributed by atoms with Crippen molar-refractivity contribution in [1.29, 1.82) is 15.8 Å². The molecule has 10 heteroatoms. The second kappa shape index (κ2) is 6.77. The van der Waals surface area contributed by atoms with Gasteiger partial charge in [0.05, 0.1) is 34.4 Å². The summed E-state index contributed by atoms with van der Waals surface area (Å²) in [6, 6.07) is 8.67. The summed E-state index contributed by atoms with van der Waals surface area (Å²) < 4.78 is 10.7. The maximum atomic E-state index is 11.9. The van der Waals surface area contributed by atoms with Crippen molar-refractivity contribution in [2.24, 2.45) is 17.1 Å². The Morgan fingerprint density at radius 1 is 1.27 bits per heavy atom. The van der Waals surface area contributed by atoms with E-state index in [1.165, 1.54) is 12.1 Å². The molecule has 0 amide bonds. The molecule has 2 aliphatic heterocycles. The van der Waals surface area contributed by atoms with Crippen molar-refractivity contribution < 1.29 is 14.4 Å². The zero-order valence-electron chi connectivity index (χ0n) is 16.0. The summed E-state index contributed by atoms with van der Waals surface area (Å²) in [4.78, 5) is 13.3. The van der Waals surface area contributed by atoms with Crippen LogP contribution in [-0.4, -0.2) is 36.8 Å². The van der Waals surface area contributed by atoms with Crippen LogP contribution in [0.25, 0.3) is 0 Å². The van der Waals surface area contributed by atoms with E-state index in [9.17, 15) is 25.9 Å². The van der Waals surface area contributed by atoms with Gasteiger partial charge < -0.3 is 20.1 Å². The van der Waals surface area contributed by atoms with Crippen LogP contribution >= 0.6 is 0 Å². The van der Waals surface area contributed by atoms with Crippen molar-refractivity contribution in [3.05, 3.63) is 50.7 Å². The largest absolute Gasteiger partial charge is 0.454 e. The summed E-state index contributed by atoms with van der Waals surface area (Å²) in [6.07, 6.45) is 1.82. The molecule has 0 radical (unpaired) electrons. The smallest absolute Gasteiger partial charge is 0.276 e. The SMILES string of the molecule is CN1CC=C2C(C#N)=C(N)C(C#N)(C#N)[C@H](c3cc4c(cc3[N+](=O)[O-])OCO4)[C@H]2C1. The molecule has 0 bridgehead atoms. The monoisotopic (exact) mass is 404 g/mol. The van der Waals surface area contributed by atoms with Gasteiger partial charge in [-0.3, -0.25) is 10.1 Å². The molecule has 0 fully saturated rings. The fourth-order valence-corrected chi connectivity index (χ4v) is 4.52. The van der Waals surface area contributed by atoms with Gasteiger partial charge in [0.1, 0.15) is 6.07 Å². The van der Waals surface area contributed by atoms with Gasteiger partial charge in [0, 0.05) is 30.5 Å². The van der Waals surface area contributed by atoms with E-state index in [0.29, 0.717) is 24.4 Å². The third-order valence-corrected chi connectivity index (χ3v) is 5.90. The number of nitriles is 3. The molecule has 0 saturated heterocycles. The molecule has 3 aliphatic rings. The molecule has 1 aliphatic carbocycles. The van der Waals surface area contributed by atoms with Crippen molar-refractivity contribution in [3.63, 3.8) is 0 Å². The second-order valence-corrected chi connectivity index (χ2v) is 7.42. The van der Waals surface area contributed by atoms with Crippen LogP contribution in [0.4, 0.5) is 5.69 Å². The van der Waals surface area contributed by atoms with Crippen LogP contribution in [0.5, 0.6) is 11.5 Å². The fourth-order valence-electron chi connectivity index (χ4n) is 4.52. The second-order valence-electron chi connectivity index (χ2n) is 7.42. The first-order valence-electron chi connectivity index (χ1n) is 9.07. The van der Waals surface area contributed by atoms with E-state index in [1.54, 1.807) is 0 Å². The highest BCUT2D eigenvalue weighted by molar-refractivity contribution is 5.64. The zero-order chi connectivity index (χ0) is 21.6. The van der Waals surface area contributed by atoms with Gasteiger partial charge in [-0.05, 0) is 18.7 Å². The minimum absolute atomic E-state index is 0.0831. The van der Waals surface area contributed by atoms with E-state index in [0.717, 1.165) is 0 Å². The normalized spacial score (nSPS) is 24.1. The molecule has 0 unspecified atom stereocenters. The van der Waals surface area contributed by atoms with E-state index in [2.05, 4.69) is 0 Å². The number of hydrogen-bond acceptors (Lipinski definition) is 9. The molecule has 30 heavy (non-hydrogen) atoms. The molecule has 150 valence electrons. The topological polar surface area (TPSA) is 162 Å². The average Bonchev–Trinajstić information content (AvgIpc) is 3.20. The Hall–Kier alpha value is -4.07. The van der Waals surface area contributed by atoms with Gasteiger partial charge >= 0.3 is 0 Å². The van der Waals surface area contributed by atoms with Crippen LogP contribution in [0, 0.1) is 55.4 Å². The lowest BCUT2D eigenvalue weighted by Crippen LogP contribution is -2.47. The van der Waals surface area contributed by atoms with Crippen molar-refractivity contribution in [1.82, 2.24) is 4.90 Å². The van der Waals surface area contributed by atoms with E-state index < -0.39 is 22.2 Å². The highest BCUT2D eigenvalue weighted by atomic mass is 16.7. The van der Waals surface area contributed by atoms with E-state index in [1.807, 2.05) is 36.2 Å². The number of likely N-dealkylation sites (N-methyl/N-ethyl adjacent to an activating group) is 1. The van der Waals surface area contributed by atoms with Crippen molar-refractivity contribution in [2.45, 2.75) is 5.92 Å². The van der Waals surface area contributed by atoms with Crippen LogP contribution in [0.2, 0.25) is 0 Å². The van der Waals surface area contributed by atoms with Gasteiger partial charge in [-0.15, -0.1) is 0 Å². The molecule has 0 saturated carbocycles. The summed E-state index contributed by atoms with van der Waals surface area (Å²) >= 11 is 0. The minimum Gasteiger partial charge on any atom is -0.454 e. The van der Waals surface area contributed by atoms with Gasteiger partial charge in [0.2, 0.25) is 6.79 Å². The molecule has 2 heterocycles. The number of nitrogens with zero attached hydrogens (tertiary/aromatic N) is 5. The molecule has 0 spiro atoms. The highest BCUT2D eigenvalue weighted by Crippen LogP contribution is 2.57. The van der Waals surface area contributed by atoms with Crippen LogP contribution < -0.4 is 15.2 Å². The van der Waals surface area contributed by atoms with Gasteiger partial charge in [-0.1, -0.05) is 6.08 Å². The first kappa shape index (κ1) is 19.3. The molecule has 0 aromatic heterocycles. The van der Waals surface area contributed by atoms with Gasteiger partial charge in [0.25, 0.3) is 5.69 Å². The summed E-state index contributed by atoms with van der Waals surface area (Å²) in [5.74, 6) is -0.986. The van der Waals surface area contributed by atoms with Gasteiger partial charge in [-0.25, -0.2) is 0 Å². The van der Waals surface area contributed by atoms with Gasteiger partial charge in [-0.2, -0.15) is 15.8 Å². The Balaban J connectivity index is 2.07. The molecule has 1 aromatic carbocycles. The summed E-state index contributed by atoms with van der Waals surface area (Å²) in [5.41, 5.74) is 4.65. The summed E-state index contributed by atoms with van der Waals surface area (Å²) in [7, 11) is 1.85. The van der Waals surface area contributed by atoms with Crippen molar-refractivity contribution in [2.75, 3.05) is 26.9 Å². The number of rotatable bonds is 2. The third-order valence-electron chi connectivity index (χ3n) is 5.90. The Bertz CT molecular complexity index is 1140. The molecule has 1 aromatic rings. The molecule has 2 N–H and O–H groups in total. The summed E-state index contributed by atoms with van der Waals surface area (Å²) in [6.45, 7) is 0.859. The quantitative estimate of drug-likeness (QED) is 0.570. The fraction of sp³-hybridized carbons (Fsp3) is 0.350. The van der Waals surface area contributed by atoms with E-state index in [4.69, 9.17) is 15.2 Å². The first-order chi connectivity index (χ1) is 14.4. The lowest BCUT2D eigenvalue weighted by molar-refractivity contribution is -0.386. The Labute approximate surface area is 171 Å². The van der Waals surface area contributed by atoms with Crippen LogP contribution in [0.1, 0.15) is 11.5 Å². The molecular formula is C20H16N6O4. The number of ether oxygens (including phenoxy) is 2. The third kappa shape index (κ3) is 2.50. The molecule has 4 rings (SSSR count). The van der Waals surface area contributed by atoms with Crippen LogP contribution in [-0.2, 0) is 0 Å². The lowest BCUT2D eigenvalue weighted by Gasteiger charge is -2.44. The number of nitrogens with two attached hydrogens (primary N) is 1. The Morgan fingerprint density at radius 2 is 1.93 bits per heavy atom. The maximum Gasteiger partial charge on any atom is 0.276 e. The minimum atomic E-state index is -1.95. The molecular weight excluding hydrogens is 388 g/mol. The van der Waals surface area contributed by atoms with Crippen molar-refractivity contribution in [3.8, 4) is 29.7 Å². The van der Waals surface area contributed by atoms with Crippen LogP contribution in [0.15, 0.2) is 35.1 Å². The predicted molar refractivity (Wildman–Crippen MR) is 102 cm³/mol. The number of benzene rings is 1. The van der Waals surface area contributed by atoms with Gasteiger partial charge in [0.15, 0.2) is 16.9 Å². The highest BCUT2D eigenvalue weighted by Gasteiger charge is 2.56. The zero-order valence-corrected chi connectivity index (χ0v) is 16.0. The Kier molecular flexibility index (Phi) is 4.34. The average molecular weight is 404 g/mol. The number of fused-ring (bicyclic) bond motifs is 2. The number of nitro benzene ring substituents is 1. The molecule has 10 nitrogen and oxygen atoms in total. The van der Waals surface area contributed by atoms with Crippen LogP contribution in [0.3, 0.4) is 0 Å². The summed E-state index contributed by atoms with van der Waals surface area (Å²) in [5, 5.41) is 41.8. The molecule has 2 atom stereocenters. The van der Waals surface area contributed by atoms with E-state index >= 15 is 0 Å². The number of allylic oxidation sites excluding steroid dienone is 2. The number of nitro groups is 1. The lowest BCUT2D eigenvalue weighted by atomic mass is 9.58. The van der Waals surface area contributed by atoms with Crippen molar-refractivity contribution >= 4 is 5.69 Å².